The third kappa shape index (κ3) is 3.91. The Kier molecular flexibility index (Phi) is 4.99. The van der Waals surface area contributed by atoms with Gasteiger partial charge >= 0.3 is 10.1 Å². The van der Waals surface area contributed by atoms with Crippen LogP contribution in [0.4, 0.5) is 0 Å². The zero-order valence-electron chi connectivity index (χ0n) is 13.6. The number of halogens is 1. The minimum Gasteiger partial charge on any atom is -0.377 e. The summed E-state index contributed by atoms with van der Waals surface area (Å²) in [7, 11) is -7.81. The van der Waals surface area contributed by atoms with E-state index in [0.717, 1.165) is 11.8 Å². The number of benzene rings is 2. The maximum absolute atomic E-state index is 12.6. The van der Waals surface area contributed by atoms with E-state index in [2.05, 4.69) is 0 Å². The summed E-state index contributed by atoms with van der Waals surface area (Å²) >= 11 is 5.98. The molecule has 0 unspecified atom stereocenters. The second-order valence-corrected chi connectivity index (χ2v) is 9.54. The van der Waals surface area contributed by atoms with Gasteiger partial charge in [0.1, 0.15) is 4.90 Å². The standard InChI is InChI=1S/C16H17ClO5S2/c1-10-5-6-13(17)14(7-10)22-24(20,21)16-9-11(2)8-15(12(16)3)23(4,18)19/h5-9H,1-4H3. The van der Waals surface area contributed by atoms with Crippen LogP contribution in [-0.4, -0.2) is 23.1 Å². The molecule has 0 aliphatic heterocycles. The SMILES string of the molecule is Cc1ccc(Cl)c(OS(=O)(=O)c2cc(C)cc(S(C)(=O)=O)c2C)c1. The Morgan fingerprint density at radius 2 is 1.46 bits per heavy atom. The summed E-state index contributed by atoms with van der Waals surface area (Å²) in [5.41, 5.74) is 1.40. The number of hydrogen-bond donors (Lipinski definition) is 0. The van der Waals surface area contributed by atoms with Crippen LogP contribution in [0, 0.1) is 20.8 Å². The smallest absolute Gasteiger partial charge is 0.339 e. The fourth-order valence-corrected chi connectivity index (χ4v) is 4.89. The average Bonchev–Trinajstić information content (AvgIpc) is 2.43. The van der Waals surface area contributed by atoms with Crippen molar-refractivity contribution >= 4 is 31.6 Å². The van der Waals surface area contributed by atoms with E-state index < -0.39 is 20.0 Å². The molecule has 0 aliphatic carbocycles. The van der Waals surface area contributed by atoms with Gasteiger partial charge in [-0.3, -0.25) is 0 Å². The maximum Gasteiger partial charge on any atom is 0.339 e. The Bertz CT molecular complexity index is 1010. The molecule has 0 aromatic heterocycles. The van der Waals surface area contributed by atoms with Crippen molar-refractivity contribution in [3.8, 4) is 5.75 Å². The van der Waals surface area contributed by atoms with Crippen molar-refractivity contribution < 1.29 is 21.0 Å². The largest absolute Gasteiger partial charge is 0.377 e. The first-order chi connectivity index (χ1) is 10.9. The average molecular weight is 389 g/mol. The van der Waals surface area contributed by atoms with Gasteiger partial charge < -0.3 is 4.18 Å². The molecule has 0 radical (unpaired) electrons. The van der Waals surface area contributed by atoms with Gasteiger partial charge in [-0.05, 0) is 61.7 Å². The fourth-order valence-electron chi connectivity index (χ4n) is 2.28. The molecule has 2 rings (SSSR count). The summed E-state index contributed by atoms with van der Waals surface area (Å²) in [6.07, 6.45) is 1.03. The molecule has 8 heteroatoms. The van der Waals surface area contributed by atoms with Gasteiger partial charge in [-0.25, -0.2) is 8.42 Å². The van der Waals surface area contributed by atoms with Crippen molar-refractivity contribution in [3.63, 3.8) is 0 Å². The van der Waals surface area contributed by atoms with Gasteiger partial charge in [0, 0.05) is 6.26 Å². The number of aryl methyl sites for hydroxylation is 2. The zero-order chi connectivity index (χ0) is 18.3. The summed E-state index contributed by atoms with van der Waals surface area (Å²) in [4.78, 5) is -0.236. The second kappa shape index (κ2) is 6.38. The van der Waals surface area contributed by atoms with Gasteiger partial charge in [-0.15, -0.1) is 0 Å². The van der Waals surface area contributed by atoms with Crippen LogP contribution in [0.3, 0.4) is 0 Å². The molecule has 5 nitrogen and oxygen atoms in total. The lowest BCUT2D eigenvalue weighted by Crippen LogP contribution is -2.14. The van der Waals surface area contributed by atoms with E-state index in [4.69, 9.17) is 15.8 Å². The zero-order valence-corrected chi connectivity index (χ0v) is 16.0. The number of rotatable bonds is 4. The van der Waals surface area contributed by atoms with Gasteiger partial charge in [0.25, 0.3) is 0 Å². The van der Waals surface area contributed by atoms with Crippen LogP contribution in [0.2, 0.25) is 5.02 Å². The van der Waals surface area contributed by atoms with Crippen LogP contribution >= 0.6 is 11.6 Å². The molecule has 0 atom stereocenters. The van der Waals surface area contributed by atoms with E-state index in [0.29, 0.717) is 5.56 Å². The molecule has 0 saturated carbocycles. The van der Waals surface area contributed by atoms with E-state index in [9.17, 15) is 16.8 Å². The molecule has 0 heterocycles. The fraction of sp³-hybridized carbons (Fsp3) is 0.250. The lowest BCUT2D eigenvalue weighted by Gasteiger charge is -2.14. The first-order valence-electron chi connectivity index (χ1n) is 6.94. The highest BCUT2D eigenvalue weighted by Crippen LogP contribution is 2.31. The molecule has 2 aromatic carbocycles. The number of sulfone groups is 1. The highest BCUT2D eigenvalue weighted by Gasteiger charge is 2.25. The van der Waals surface area contributed by atoms with E-state index in [-0.39, 0.29) is 26.1 Å². The molecule has 0 saturated heterocycles. The summed E-state index contributed by atoms with van der Waals surface area (Å²) in [5, 5.41) is 0.151. The highest BCUT2D eigenvalue weighted by molar-refractivity contribution is 7.91. The van der Waals surface area contributed by atoms with Crippen LogP contribution in [0.5, 0.6) is 5.75 Å². The van der Waals surface area contributed by atoms with Gasteiger partial charge in [-0.2, -0.15) is 8.42 Å². The predicted molar refractivity (Wildman–Crippen MR) is 93.0 cm³/mol. The molecule has 0 bridgehead atoms. The molecule has 0 fully saturated rings. The Morgan fingerprint density at radius 3 is 2.04 bits per heavy atom. The summed E-state index contributed by atoms with van der Waals surface area (Å²) in [6, 6.07) is 7.57. The summed E-state index contributed by atoms with van der Waals surface area (Å²) < 4.78 is 54.2. The van der Waals surface area contributed by atoms with Crippen LogP contribution in [-0.2, 0) is 20.0 Å². The van der Waals surface area contributed by atoms with Crippen LogP contribution < -0.4 is 4.18 Å². The van der Waals surface area contributed by atoms with Gasteiger partial charge in [0.15, 0.2) is 15.6 Å². The third-order valence-corrected chi connectivity index (χ3v) is 6.31. The van der Waals surface area contributed by atoms with Crippen molar-refractivity contribution in [3.05, 3.63) is 52.0 Å². The van der Waals surface area contributed by atoms with Crippen molar-refractivity contribution in [2.45, 2.75) is 30.6 Å². The molecular weight excluding hydrogens is 372 g/mol. The quantitative estimate of drug-likeness (QED) is 0.750. The van der Waals surface area contributed by atoms with E-state index in [1.165, 1.54) is 31.2 Å². The lowest BCUT2D eigenvalue weighted by atomic mass is 10.2. The molecule has 0 amide bonds. The van der Waals surface area contributed by atoms with E-state index in [1.54, 1.807) is 19.9 Å². The first kappa shape index (κ1) is 18.8. The molecule has 2 aromatic rings. The normalized spacial score (nSPS) is 12.2. The van der Waals surface area contributed by atoms with Crippen molar-refractivity contribution in [1.82, 2.24) is 0 Å². The highest BCUT2D eigenvalue weighted by atomic mass is 35.5. The van der Waals surface area contributed by atoms with E-state index in [1.807, 2.05) is 0 Å². The summed E-state index contributed by atoms with van der Waals surface area (Å²) in [6.45, 7) is 4.83. The topological polar surface area (TPSA) is 77.5 Å². The minimum absolute atomic E-state index is 0.00141. The van der Waals surface area contributed by atoms with Crippen molar-refractivity contribution in [2.24, 2.45) is 0 Å². The maximum atomic E-state index is 12.6. The predicted octanol–water partition coefficient (Wildman–Crippen LogP) is 3.44. The van der Waals surface area contributed by atoms with Gasteiger partial charge in [0.05, 0.1) is 9.92 Å². The Hall–Kier alpha value is -1.57. The van der Waals surface area contributed by atoms with Gasteiger partial charge in [0.2, 0.25) is 0 Å². The Balaban J connectivity index is 2.62. The summed E-state index contributed by atoms with van der Waals surface area (Å²) in [5.74, 6) is -0.00141. The molecule has 0 aliphatic rings. The molecular formula is C16H17ClO5S2. The monoisotopic (exact) mass is 388 g/mol. The molecule has 130 valence electrons. The first-order valence-corrected chi connectivity index (χ1v) is 10.6. The third-order valence-electron chi connectivity index (χ3n) is 3.41. The molecule has 24 heavy (non-hydrogen) atoms. The van der Waals surface area contributed by atoms with Gasteiger partial charge in [-0.1, -0.05) is 17.7 Å². The van der Waals surface area contributed by atoms with Crippen molar-refractivity contribution in [1.29, 1.82) is 0 Å². The van der Waals surface area contributed by atoms with Crippen molar-refractivity contribution in [2.75, 3.05) is 6.26 Å². The van der Waals surface area contributed by atoms with E-state index >= 15 is 0 Å². The van der Waals surface area contributed by atoms with Crippen LogP contribution in [0.1, 0.15) is 16.7 Å². The lowest BCUT2D eigenvalue weighted by molar-refractivity contribution is 0.485. The Labute approximate surface area is 147 Å². The second-order valence-electron chi connectivity index (χ2n) is 5.63. The molecule has 0 spiro atoms. The molecule has 0 N–H and O–H groups in total. The number of hydrogen-bond acceptors (Lipinski definition) is 5. The Morgan fingerprint density at radius 1 is 0.875 bits per heavy atom. The van der Waals surface area contributed by atoms with Crippen LogP contribution in [0.25, 0.3) is 0 Å². The van der Waals surface area contributed by atoms with Crippen LogP contribution in [0.15, 0.2) is 40.1 Å². The minimum atomic E-state index is -4.24.